The Morgan fingerprint density at radius 2 is 1.57 bits per heavy atom. The van der Waals surface area contributed by atoms with E-state index in [1.165, 1.54) is 12.1 Å². The minimum absolute atomic E-state index is 0. The normalized spacial score (nSPS) is 11.0. The Bertz CT molecular complexity index is 1480. The number of carbonyl (C=O) groups is 1. The third kappa shape index (κ3) is 7.03. The van der Waals surface area contributed by atoms with E-state index in [4.69, 9.17) is 16.7 Å². The zero-order valence-electron chi connectivity index (χ0n) is 21.2. The average molecular weight is 545 g/mol. The molecular formula is C27H26ClN4NaO3S. The molecule has 1 aromatic heterocycles. The van der Waals surface area contributed by atoms with Gasteiger partial charge in [-0.15, -0.1) is 0 Å². The number of hydrogen-bond acceptors (Lipinski definition) is 4. The van der Waals surface area contributed by atoms with E-state index >= 15 is 0 Å². The van der Waals surface area contributed by atoms with Crippen LogP contribution in [0.2, 0.25) is 5.02 Å². The largest absolute Gasteiger partial charge is 1.00 e. The van der Waals surface area contributed by atoms with Crippen LogP contribution in [0.5, 0.6) is 0 Å². The van der Waals surface area contributed by atoms with Crippen molar-refractivity contribution in [3.05, 3.63) is 105 Å². The smallest absolute Gasteiger partial charge is 0.448 e. The van der Waals surface area contributed by atoms with E-state index in [1.54, 1.807) is 12.1 Å². The first-order valence-electron chi connectivity index (χ1n) is 11.4. The maximum atomic E-state index is 12.3. The van der Waals surface area contributed by atoms with Gasteiger partial charge in [-0.3, -0.25) is 4.79 Å². The first-order valence-corrected chi connectivity index (χ1v) is 13.2. The minimum Gasteiger partial charge on any atom is -0.448 e. The van der Waals surface area contributed by atoms with Crippen molar-refractivity contribution in [2.75, 3.05) is 6.54 Å². The molecule has 1 N–H and O–H groups in total. The van der Waals surface area contributed by atoms with Gasteiger partial charge in [-0.25, -0.2) is 13.1 Å². The Hall–Kier alpha value is -2.62. The van der Waals surface area contributed by atoms with Crippen LogP contribution in [-0.4, -0.2) is 30.8 Å². The fourth-order valence-corrected chi connectivity index (χ4v) is 4.94. The van der Waals surface area contributed by atoms with Gasteiger partial charge in [0.15, 0.2) is 6.03 Å². The molecule has 10 heteroatoms. The summed E-state index contributed by atoms with van der Waals surface area (Å²) in [6.45, 7) is 6.12. The van der Waals surface area contributed by atoms with Crippen LogP contribution in [0.25, 0.3) is 21.5 Å². The molecule has 0 fully saturated rings. The Morgan fingerprint density at radius 3 is 2.19 bits per heavy atom. The molecule has 0 atom stereocenters. The molecule has 0 aliphatic rings. The van der Waals surface area contributed by atoms with Crippen molar-refractivity contribution in [3.63, 3.8) is 0 Å². The molecule has 0 aliphatic carbocycles. The zero-order valence-corrected chi connectivity index (χ0v) is 24.8. The molecule has 7 nitrogen and oxygen atoms in total. The summed E-state index contributed by atoms with van der Waals surface area (Å²) in [6, 6.07) is 20.9. The summed E-state index contributed by atoms with van der Waals surface area (Å²) in [4.78, 5) is 12.0. The number of nitrogens with one attached hydrogen (secondary N) is 1. The number of urea groups is 1. The molecule has 3 aromatic carbocycles. The maximum Gasteiger partial charge on any atom is 1.00 e. The second-order valence-corrected chi connectivity index (χ2v) is 10.5. The third-order valence-electron chi connectivity index (χ3n) is 5.82. The Balaban J connectivity index is 0.00000380. The summed E-state index contributed by atoms with van der Waals surface area (Å²) >= 11 is 6.03. The van der Waals surface area contributed by atoms with Crippen molar-refractivity contribution >= 4 is 27.7 Å². The molecule has 0 spiro atoms. The van der Waals surface area contributed by atoms with Gasteiger partial charge in [-0.2, -0.15) is 5.10 Å². The average Bonchev–Trinajstić information content (AvgIpc) is 3.14. The number of nitrogens with zero attached hydrogens (tertiary/aromatic N) is 3. The van der Waals surface area contributed by atoms with Crippen LogP contribution in [0.3, 0.4) is 0 Å². The number of sulfonamides is 1. The first kappa shape index (κ1) is 28.9. The molecular weight excluding hydrogens is 519 g/mol. The topological polar surface area (TPSA) is 95.2 Å². The van der Waals surface area contributed by atoms with Gasteiger partial charge < -0.3 is 10.0 Å². The van der Waals surface area contributed by atoms with Gasteiger partial charge in [0.25, 0.3) is 0 Å². The van der Waals surface area contributed by atoms with Crippen molar-refractivity contribution in [1.29, 1.82) is 0 Å². The first-order chi connectivity index (χ1) is 17.1. The van der Waals surface area contributed by atoms with Crippen molar-refractivity contribution in [2.45, 2.75) is 32.1 Å². The molecule has 0 unspecified atom stereocenters. The Morgan fingerprint density at radius 1 is 0.946 bits per heavy atom. The van der Waals surface area contributed by atoms with Crippen molar-refractivity contribution in [1.82, 2.24) is 15.1 Å². The molecule has 0 aliphatic heterocycles. The van der Waals surface area contributed by atoms with E-state index in [1.807, 2.05) is 74.0 Å². The molecule has 37 heavy (non-hydrogen) atoms. The fourth-order valence-electron chi connectivity index (χ4n) is 3.95. The van der Waals surface area contributed by atoms with E-state index in [9.17, 15) is 13.2 Å². The Kier molecular flexibility index (Phi) is 9.61. The number of hydrogen-bond donors (Lipinski definition) is 1. The zero-order chi connectivity index (χ0) is 25.9. The number of amides is 2. The van der Waals surface area contributed by atoms with Gasteiger partial charge in [-0.05, 0) is 81.3 Å². The molecule has 2 amide bonds. The van der Waals surface area contributed by atoms with Crippen LogP contribution in [0.15, 0.2) is 77.7 Å². The van der Waals surface area contributed by atoms with Crippen LogP contribution in [0.4, 0.5) is 4.79 Å². The van der Waals surface area contributed by atoms with Crippen LogP contribution in [-0.2, 0) is 16.4 Å². The molecule has 1 heterocycles. The number of aromatic nitrogens is 2. The van der Waals surface area contributed by atoms with Crippen LogP contribution in [0.1, 0.15) is 22.5 Å². The van der Waals surface area contributed by atoms with Gasteiger partial charge >= 0.3 is 29.6 Å². The standard InChI is InChI=1S/C27H27ClN4O3S.Na/c1-18-4-14-25(15-5-18)36(34,35)31-27(33)29-17-16-21-6-12-24(13-7-21)32-20(3)26(19(2)30-32)22-8-10-23(28)11-9-22;/h4-15H,16-17H2,1-3H3,(H2,29,31,33);/q;+1/p-1. The minimum atomic E-state index is -4.04. The van der Waals surface area contributed by atoms with Crippen LogP contribution in [0, 0.1) is 20.8 Å². The van der Waals surface area contributed by atoms with E-state index in [-0.39, 0.29) is 41.0 Å². The summed E-state index contributed by atoms with van der Waals surface area (Å²) in [5, 5.41) is 7.95. The predicted molar refractivity (Wildman–Crippen MR) is 142 cm³/mol. The quantitative estimate of drug-likeness (QED) is 0.362. The van der Waals surface area contributed by atoms with Crippen LogP contribution >= 0.6 is 11.6 Å². The van der Waals surface area contributed by atoms with Gasteiger partial charge in [-0.1, -0.05) is 53.6 Å². The molecule has 0 radical (unpaired) electrons. The summed E-state index contributed by atoms with van der Waals surface area (Å²) in [5.41, 5.74) is 6.90. The summed E-state index contributed by atoms with van der Waals surface area (Å²) in [7, 11) is -4.04. The van der Waals surface area contributed by atoms with Gasteiger partial charge in [0.2, 0.25) is 10.0 Å². The van der Waals surface area contributed by atoms with Gasteiger partial charge in [0.1, 0.15) is 0 Å². The van der Waals surface area contributed by atoms with Crippen molar-refractivity contribution in [2.24, 2.45) is 0 Å². The Labute approximate surface area is 244 Å². The van der Waals surface area contributed by atoms with Gasteiger partial charge in [0.05, 0.1) is 16.3 Å². The second-order valence-electron chi connectivity index (χ2n) is 8.49. The van der Waals surface area contributed by atoms with E-state index < -0.39 is 16.1 Å². The van der Waals surface area contributed by atoms with Gasteiger partial charge in [0, 0.05) is 16.3 Å². The molecule has 186 valence electrons. The van der Waals surface area contributed by atoms with Crippen LogP contribution < -0.4 is 34.9 Å². The number of halogens is 1. The van der Waals surface area contributed by atoms with Crippen molar-refractivity contribution < 1.29 is 42.8 Å². The molecule has 4 rings (SSSR count). The predicted octanol–water partition coefficient (Wildman–Crippen LogP) is 3.14. The molecule has 4 aromatic rings. The number of carbonyl (C=O) groups excluding carboxylic acids is 1. The summed E-state index contributed by atoms with van der Waals surface area (Å²) in [6.07, 6.45) is 0.527. The van der Waals surface area contributed by atoms with E-state index in [0.29, 0.717) is 11.4 Å². The van der Waals surface area contributed by atoms with E-state index in [2.05, 4.69) is 10.0 Å². The number of aryl methyl sites for hydroxylation is 2. The second kappa shape index (κ2) is 12.3. The third-order valence-corrected chi connectivity index (χ3v) is 7.34. The van der Waals surface area contributed by atoms with Crippen molar-refractivity contribution in [3.8, 4) is 16.8 Å². The summed E-state index contributed by atoms with van der Waals surface area (Å²) < 4.78 is 29.8. The SMILES string of the molecule is Cc1ccc(S(=O)(=O)[N-]C(=O)NCCc2ccc(-n3nc(C)c(-c4ccc(Cl)cc4)c3C)cc2)cc1.[Na+]. The number of benzene rings is 3. The molecule has 0 bridgehead atoms. The molecule has 0 saturated heterocycles. The molecule has 0 saturated carbocycles. The number of rotatable bonds is 7. The van der Waals surface area contributed by atoms with E-state index in [0.717, 1.165) is 39.3 Å². The summed E-state index contributed by atoms with van der Waals surface area (Å²) in [5.74, 6) is 0. The fraction of sp³-hybridized carbons (Fsp3) is 0.185. The maximum absolute atomic E-state index is 12.3. The monoisotopic (exact) mass is 544 g/mol.